The molecule has 4 heteroatoms. The van der Waals surface area contributed by atoms with Gasteiger partial charge < -0.3 is 4.90 Å². The van der Waals surface area contributed by atoms with E-state index in [0.717, 1.165) is 30.8 Å². The highest BCUT2D eigenvalue weighted by Crippen LogP contribution is 2.43. The van der Waals surface area contributed by atoms with Gasteiger partial charge in [0.2, 0.25) is 0 Å². The molecule has 0 saturated heterocycles. The molecule has 0 fully saturated rings. The summed E-state index contributed by atoms with van der Waals surface area (Å²) in [6, 6.07) is 18.3. The summed E-state index contributed by atoms with van der Waals surface area (Å²) in [6.07, 6.45) is 4.58. The summed E-state index contributed by atoms with van der Waals surface area (Å²) in [6.45, 7) is 9.99. The minimum Gasteiger partial charge on any atom is -0.364 e. The Morgan fingerprint density at radius 1 is 0.862 bits per heavy atom. The number of para-hydroxylation sites is 1. The van der Waals surface area contributed by atoms with E-state index in [0.29, 0.717) is 12.1 Å². The smallest absolute Gasteiger partial charge is 0.121 e. The lowest BCUT2D eigenvalue weighted by Crippen LogP contribution is -2.33. The molecule has 4 rings (SSSR count). The number of anilines is 1. The quantitative estimate of drug-likeness (QED) is 0.484. The number of nitrogens with zero attached hydrogens (tertiary/aromatic N) is 4. The molecular weight excluding hydrogens is 356 g/mol. The van der Waals surface area contributed by atoms with Gasteiger partial charge in [-0.15, -0.1) is 5.10 Å². The molecule has 0 bridgehead atoms. The molecule has 2 heterocycles. The second-order valence-electron chi connectivity index (χ2n) is 8.31. The van der Waals surface area contributed by atoms with E-state index in [4.69, 9.17) is 5.10 Å². The van der Waals surface area contributed by atoms with Gasteiger partial charge in [-0.05, 0) is 38.3 Å². The molecule has 2 aromatic carbocycles. The van der Waals surface area contributed by atoms with Crippen LogP contribution in [0.25, 0.3) is 22.5 Å². The van der Waals surface area contributed by atoms with E-state index in [2.05, 4.69) is 91.0 Å². The van der Waals surface area contributed by atoms with Crippen LogP contribution in [0.5, 0.6) is 0 Å². The maximum atomic E-state index is 4.70. The third-order valence-corrected chi connectivity index (χ3v) is 6.14. The van der Waals surface area contributed by atoms with E-state index < -0.39 is 0 Å². The first kappa shape index (κ1) is 19.7. The van der Waals surface area contributed by atoms with Gasteiger partial charge in [0.15, 0.2) is 0 Å². The Hall–Kier alpha value is -2.62. The average Bonchev–Trinajstić information content (AvgIpc) is 3.16. The molecule has 152 valence electrons. The first-order chi connectivity index (χ1) is 14.2. The summed E-state index contributed by atoms with van der Waals surface area (Å²) in [7, 11) is 0. The first-order valence-corrected chi connectivity index (χ1v) is 11.0. The van der Waals surface area contributed by atoms with Crippen LogP contribution in [0.3, 0.4) is 0 Å². The van der Waals surface area contributed by atoms with Gasteiger partial charge in [0.05, 0.1) is 11.7 Å². The van der Waals surface area contributed by atoms with Gasteiger partial charge in [-0.3, -0.25) is 0 Å². The molecule has 1 aromatic heterocycles. The van der Waals surface area contributed by atoms with Gasteiger partial charge >= 0.3 is 0 Å². The summed E-state index contributed by atoms with van der Waals surface area (Å²) >= 11 is 0. The fourth-order valence-electron chi connectivity index (χ4n) is 4.62. The Kier molecular flexibility index (Phi) is 5.70. The van der Waals surface area contributed by atoms with Crippen LogP contribution in [0.15, 0.2) is 48.5 Å². The number of benzene rings is 2. The Balaban J connectivity index is 1.99. The zero-order chi connectivity index (χ0) is 20.4. The normalized spacial score (nSPS) is 15.0. The molecule has 0 saturated carbocycles. The highest BCUT2D eigenvalue weighted by Gasteiger charge is 2.29. The summed E-state index contributed by atoms with van der Waals surface area (Å²) < 4.78 is 2.16. The second kappa shape index (κ2) is 8.40. The van der Waals surface area contributed by atoms with Gasteiger partial charge in [0.1, 0.15) is 5.69 Å². The molecule has 2 atom stereocenters. The van der Waals surface area contributed by atoms with Crippen molar-refractivity contribution in [1.29, 1.82) is 0 Å². The summed E-state index contributed by atoms with van der Waals surface area (Å²) in [5.74, 6) is 0. The van der Waals surface area contributed by atoms with Gasteiger partial charge in [-0.25, -0.2) is 4.68 Å². The third kappa shape index (κ3) is 3.57. The van der Waals surface area contributed by atoms with Crippen LogP contribution in [0.1, 0.15) is 65.0 Å². The van der Waals surface area contributed by atoms with Crippen molar-refractivity contribution in [2.45, 2.75) is 72.0 Å². The van der Waals surface area contributed by atoms with Crippen molar-refractivity contribution in [2.24, 2.45) is 0 Å². The largest absolute Gasteiger partial charge is 0.364 e. The highest BCUT2D eigenvalue weighted by molar-refractivity contribution is 5.88. The maximum absolute atomic E-state index is 4.70. The molecule has 4 nitrogen and oxygen atoms in total. The summed E-state index contributed by atoms with van der Waals surface area (Å²) in [5.41, 5.74) is 7.23. The molecule has 29 heavy (non-hydrogen) atoms. The van der Waals surface area contributed by atoms with E-state index in [9.17, 15) is 0 Å². The number of rotatable bonds is 6. The first-order valence-electron chi connectivity index (χ1n) is 11.0. The highest BCUT2D eigenvalue weighted by atomic mass is 15.4. The van der Waals surface area contributed by atoms with E-state index >= 15 is 0 Å². The Morgan fingerprint density at radius 2 is 1.52 bits per heavy atom. The average molecular weight is 389 g/mol. The topological polar surface area (TPSA) is 34.0 Å². The van der Waals surface area contributed by atoms with Crippen molar-refractivity contribution in [3.05, 3.63) is 54.1 Å². The van der Waals surface area contributed by atoms with Gasteiger partial charge in [-0.2, -0.15) is 0 Å². The van der Waals surface area contributed by atoms with Gasteiger partial charge in [-0.1, -0.05) is 74.4 Å². The van der Waals surface area contributed by atoms with E-state index in [1.54, 1.807) is 0 Å². The van der Waals surface area contributed by atoms with Crippen LogP contribution in [0.2, 0.25) is 0 Å². The van der Waals surface area contributed by atoms with Gasteiger partial charge in [0, 0.05) is 29.4 Å². The van der Waals surface area contributed by atoms with Crippen LogP contribution in [0.4, 0.5) is 5.69 Å². The van der Waals surface area contributed by atoms with Crippen molar-refractivity contribution in [1.82, 2.24) is 15.0 Å². The lowest BCUT2D eigenvalue weighted by Gasteiger charge is -2.35. The predicted molar refractivity (Wildman–Crippen MR) is 121 cm³/mol. The van der Waals surface area contributed by atoms with Crippen molar-refractivity contribution in [3.63, 3.8) is 0 Å². The molecular formula is C25H32N4. The molecule has 1 aliphatic rings. The standard InChI is InChI=1S/C25H32N4/c1-5-11-18(3)28-17-20-13-7-8-14-21(20)24-25(22-15-9-10-16-23(22)28)29(27-26-24)19(4)12-6-2/h7-10,13-16,18-19H,5-6,11-12,17H2,1-4H3. The predicted octanol–water partition coefficient (Wildman–Crippen LogP) is 6.48. The fourth-order valence-corrected chi connectivity index (χ4v) is 4.62. The molecule has 0 N–H and O–H groups in total. The number of fused-ring (bicyclic) bond motifs is 5. The monoisotopic (exact) mass is 388 g/mol. The zero-order valence-corrected chi connectivity index (χ0v) is 18.1. The van der Waals surface area contributed by atoms with E-state index in [1.165, 1.54) is 35.2 Å². The van der Waals surface area contributed by atoms with E-state index in [1.807, 2.05) is 0 Å². The molecule has 0 aliphatic carbocycles. The van der Waals surface area contributed by atoms with Gasteiger partial charge in [0.25, 0.3) is 0 Å². The van der Waals surface area contributed by atoms with Crippen LogP contribution in [-0.2, 0) is 6.54 Å². The van der Waals surface area contributed by atoms with Crippen molar-refractivity contribution >= 4 is 5.69 Å². The Morgan fingerprint density at radius 3 is 2.28 bits per heavy atom. The SMILES string of the molecule is CCCC(C)N1Cc2ccccc2-c2nnn(C(C)CCC)c2-c2ccccc21. The Labute approximate surface area is 174 Å². The minimum absolute atomic E-state index is 0.317. The van der Waals surface area contributed by atoms with Crippen LogP contribution in [0, 0.1) is 0 Å². The van der Waals surface area contributed by atoms with Crippen molar-refractivity contribution in [2.75, 3.05) is 4.90 Å². The van der Waals surface area contributed by atoms with Crippen molar-refractivity contribution in [3.8, 4) is 22.5 Å². The van der Waals surface area contributed by atoms with Crippen LogP contribution < -0.4 is 4.90 Å². The number of aromatic nitrogens is 3. The lowest BCUT2D eigenvalue weighted by atomic mass is 9.94. The molecule has 0 amide bonds. The summed E-state index contributed by atoms with van der Waals surface area (Å²) in [5, 5.41) is 9.35. The molecule has 0 spiro atoms. The maximum Gasteiger partial charge on any atom is 0.121 e. The molecule has 1 aliphatic heterocycles. The third-order valence-electron chi connectivity index (χ3n) is 6.14. The van der Waals surface area contributed by atoms with Crippen LogP contribution >= 0.6 is 0 Å². The van der Waals surface area contributed by atoms with Crippen molar-refractivity contribution < 1.29 is 0 Å². The Bertz CT molecular complexity index is 974. The number of hydrogen-bond acceptors (Lipinski definition) is 3. The summed E-state index contributed by atoms with van der Waals surface area (Å²) in [4.78, 5) is 2.57. The molecule has 2 unspecified atom stereocenters. The van der Waals surface area contributed by atoms with Crippen LogP contribution in [-0.4, -0.2) is 21.0 Å². The van der Waals surface area contributed by atoms with E-state index in [-0.39, 0.29) is 0 Å². The molecule has 0 radical (unpaired) electrons. The second-order valence-corrected chi connectivity index (χ2v) is 8.31. The minimum atomic E-state index is 0.317. The molecule has 3 aromatic rings. The zero-order valence-electron chi connectivity index (χ0n) is 18.1. The lowest BCUT2D eigenvalue weighted by molar-refractivity contribution is 0.447. The fraction of sp³-hybridized carbons (Fsp3) is 0.440. The number of hydrogen-bond donors (Lipinski definition) is 0.